The third kappa shape index (κ3) is 6.04. The zero-order valence-corrected chi connectivity index (χ0v) is 15.4. The fraction of sp³-hybridized carbons (Fsp3) is 0.706. The van der Waals surface area contributed by atoms with Gasteiger partial charge in [-0.25, -0.2) is 0 Å². The molecule has 2 fully saturated rings. The minimum Gasteiger partial charge on any atom is -0.360 e. The molecule has 1 saturated heterocycles. The molecule has 2 heterocycles. The summed E-state index contributed by atoms with van der Waals surface area (Å²) in [5.41, 5.74) is 0. The van der Waals surface area contributed by atoms with E-state index in [2.05, 4.69) is 15.8 Å². The van der Waals surface area contributed by atoms with Crippen molar-refractivity contribution >= 4 is 29.4 Å². The molecule has 2 aliphatic rings. The third-order valence-corrected chi connectivity index (χ3v) is 5.51. The molecular weight excluding hydrogens is 340 g/mol. The molecule has 7 nitrogen and oxygen atoms in total. The minimum atomic E-state index is -0.172. The smallest absolute Gasteiger partial charge is 0.235 e. The summed E-state index contributed by atoms with van der Waals surface area (Å²) in [6, 6.07) is 2.21. The number of aromatic nitrogens is 1. The maximum atomic E-state index is 12.2. The summed E-state index contributed by atoms with van der Waals surface area (Å²) in [7, 11) is 0. The zero-order chi connectivity index (χ0) is 17.6. The van der Waals surface area contributed by atoms with Crippen LogP contribution in [0.25, 0.3) is 0 Å². The second-order valence-electron chi connectivity index (χ2n) is 6.87. The number of rotatable bonds is 8. The predicted octanol–water partition coefficient (Wildman–Crippen LogP) is 1.65. The molecule has 1 aliphatic heterocycles. The highest BCUT2D eigenvalue weighted by Gasteiger charge is 2.25. The summed E-state index contributed by atoms with van der Waals surface area (Å²) in [5.74, 6) is 2.47. The van der Waals surface area contributed by atoms with Gasteiger partial charge in [-0.1, -0.05) is 5.16 Å². The second kappa shape index (κ2) is 8.71. The zero-order valence-electron chi connectivity index (χ0n) is 14.6. The van der Waals surface area contributed by atoms with Crippen LogP contribution in [0.15, 0.2) is 10.6 Å². The molecule has 2 amide bonds. The van der Waals surface area contributed by atoms with E-state index in [-0.39, 0.29) is 17.6 Å². The van der Waals surface area contributed by atoms with E-state index >= 15 is 0 Å². The van der Waals surface area contributed by atoms with Crippen molar-refractivity contribution < 1.29 is 14.1 Å². The van der Waals surface area contributed by atoms with Gasteiger partial charge in [0.05, 0.1) is 11.5 Å². The molecule has 8 heteroatoms. The first-order chi connectivity index (χ1) is 12.1. The van der Waals surface area contributed by atoms with E-state index in [9.17, 15) is 9.59 Å². The summed E-state index contributed by atoms with van der Waals surface area (Å²) < 4.78 is 4.89. The number of hydrogen-bond acceptors (Lipinski definition) is 6. The highest BCUT2D eigenvalue weighted by Crippen LogP contribution is 2.28. The number of nitrogens with one attached hydrogen (secondary N) is 2. The number of hydrogen-bond donors (Lipinski definition) is 2. The Morgan fingerprint density at radius 1 is 1.28 bits per heavy atom. The largest absolute Gasteiger partial charge is 0.360 e. The lowest BCUT2D eigenvalue weighted by molar-refractivity contribution is -0.129. The van der Waals surface area contributed by atoms with E-state index in [1.54, 1.807) is 13.0 Å². The van der Waals surface area contributed by atoms with Crippen LogP contribution in [0.5, 0.6) is 0 Å². The molecule has 0 spiro atoms. The average molecular weight is 366 g/mol. The summed E-state index contributed by atoms with van der Waals surface area (Å²) in [5, 5.41) is 9.98. The highest BCUT2D eigenvalue weighted by molar-refractivity contribution is 8.00. The topological polar surface area (TPSA) is 87.5 Å². The molecule has 0 unspecified atom stereocenters. The van der Waals surface area contributed by atoms with Crippen LogP contribution >= 0.6 is 11.8 Å². The van der Waals surface area contributed by atoms with Crippen molar-refractivity contribution in [1.82, 2.24) is 15.4 Å². The molecule has 1 aromatic rings. The number of piperidine rings is 1. The molecule has 2 N–H and O–H groups in total. The Hall–Kier alpha value is -1.54. The van der Waals surface area contributed by atoms with Crippen LogP contribution in [0.1, 0.15) is 31.4 Å². The Balaban J connectivity index is 1.28. The molecule has 138 valence electrons. The molecule has 0 bridgehead atoms. The summed E-state index contributed by atoms with van der Waals surface area (Å²) in [6.45, 7) is 4.52. The summed E-state index contributed by atoms with van der Waals surface area (Å²) >= 11 is 1.34. The van der Waals surface area contributed by atoms with E-state index in [0.29, 0.717) is 23.4 Å². The van der Waals surface area contributed by atoms with Gasteiger partial charge in [-0.2, -0.15) is 0 Å². The van der Waals surface area contributed by atoms with Gasteiger partial charge in [-0.15, -0.1) is 11.8 Å². The number of carbonyl (C=O) groups is 2. The lowest BCUT2D eigenvalue weighted by Crippen LogP contribution is -2.46. The van der Waals surface area contributed by atoms with E-state index in [4.69, 9.17) is 4.52 Å². The maximum absolute atomic E-state index is 12.2. The Morgan fingerprint density at radius 2 is 2.04 bits per heavy atom. The molecule has 0 aromatic carbocycles. The molecule has 1 saturated carbocycles. The molecule has 25 heavy (non-hydrogen) atoms. The van der Waals surface area contributed by atoms with Crippen LogP contribution in [-0.4, -0.2) is 59.1 Å². The standard InChI is InChI=1S/C17H26N4O3S/c1-12-8-15(20-24-12)19-16(22)10-25-11-17(23)21-6-4-14(5-7-21)18-9-13-2-3-13/h8,13-14,18H,2-7,9-11H2,1H3,(H,19,20,22). The van der Waals surface area contributed by atoms with Crippen LogP contribution in [0.2, 0.25) is 0 Å². The number of likely N-dealkylation sites (tertiary alicyclic amines) is 1. The van der Waals surface area contributed by atoms with Crippen LogP contribution in [-0.2, 0) is 9.59 Å². The molecule has 0 radical (unpaired) electrons. The van der Waals surface area contributed by atoms with Crippen molar-refractivity contribution in [2.24, 2.45) is 5.92 Å². The molecule has 0 atom stereocenters. The van der Waals surface area contributed by atoms with Crippen LogP contribution < -0.4 is 10.6 Å². The number of aryl methyl sites for hydroxylation is 1. The van der Waals surface area contributed by atoms with Crippen molar-refractivity contribution in [3.63, 3.8) is 0 Å². The third-order valence-electron chi connectivity index (χ3n) is 4.59. The van der Waals surface area contributed by atoms with Gasteiger partial charge >= 0.3 is 0 Å². The quantitative estimate of drug-likeness (QED) is 0.727. The van der Waals surface area contributed by atoms with Crippen LogP contribution in [0, 0.1) is 12.8 Å². The number of nitrogens with zero attached hydrogens (tertiary/aromatic N) is 2. The number of amides is 2. The fourth-order valence-electron chi connectivity index (χ4n) is 2.91. The van der Waals surface area contributed by atoms with Gasteiger partial charge in [0.25, 0.3) is 0 Å². The SMILES string of the molecule is Cc1cc(NC(=O)CSCC(=O)N2CCC(NCC3CC3)CC2)no1. The Morgan fingerprint density at radius 3 is 2.68 bits per heavy atom. The lowest BCUT2D eigenvalue weighted by Gasteiger charge is -2.32. The second-order valence-corrected chi connectivity index (χ2v) is 7.86. The van der Waals surface area contributed by atoms with Gasteiger partial charge in [0.1, 0.15) is 5.76 Å². The maximum Gasteiger partial charge on any atom is 0.235 e. The Bertz CT molecular complexity index is 594. The van der Waals surface area contributed by atoms with Crippen molar-refractivity contribution in [3.8, 4) is 0 Å². The number of carbonyl (C=O) groups excluding carboxylic acids is 2. The highest BCUT2D eigenvalue weighted by atomic mass is 32.2. The first-order valence-corrected chi connectivity index (χ1v) is 10.1. The van der Waals surface area contributed by atoms with Gasteiger partial charge in [0.2, 0.25) is 11.8 Å². The van der Waals surface area contributed by atoms with Crippen LogP contribution in [0.4, 0.5) is 5.82 Å². The monoisotopic (exact) mass is 366 g/mol. The number of thioether (sulfide) groups is 1. The van der Waals surface area contributed by atoms with Gasteiger partial charge in [-0.05, 0) is 45.1 Å². The van der Waals surface area contributed by atoms with Crippen molar-refractivity contribution in [1.29, 1.82) is 0 Å². The van der Waals surface area contributed by atoms with Crippen LogP contribution in [0.3, 0.4) is 0 Å². The van der Waals surface area contributed by atoms with E-state index in [1.165, 1.54) is 24.6 Å². The number of anilines is 1. The van der Waals surface area contributed by atoms with Crippen molar-refractivity contribution in [2.45, 2.75) is 38.6 Å². The van der Waals surface area contributed by atoms with E-state index < -0.39 is 0 Å². The van der Waals surface area contributed by atoms with E-state index in [0.717, 1.165) is 38.4 Å². The van der Waals surface area contributed by atoms with Gasteiger partial charge in [0, 0.05) is 25.2 Å². The normalized spacial score (nSPS) is 18.4. The molecule has 1 aliphatic carbocycles. The first kappa shape index (κ1) is 18.3. The van der Waals surface area contributed by atoms with Gasteiger partial charge in [-0.3, -0.25) is 9.59 Å². The average Bonchev–Trinajstić information content (AvgIpc) is 3.35. The minimum absolute atomic E-state index is 0.121. The molecule has 3 rings (SSSR count). The first-order valence-electron chi connectivity index (χ1n) is 8.92. The van der Waals surface area contributed by atoms with Gasteiger partial charge in [0.15, 0.2) is 5.82 Å². The van der Waals surface area contributed by atoms with Crippen molar-refractivity contribution in [3.05, 3.63) is 11.8 Å². The van der Waals surface area contributed by atoms with E-state index in [1.807, 2.05) is 4.90 Å². The fourth-order valence-corrected chi connectivity index (χ4v) is 3.63. The van der Waals surface area contributed by atoms with Gasteiger partial charge < -0.3 is 20.1 Å². The Labute approximate surface area is 152 Å². The van der Waals surface area contributed by atoms with Crippen molar-refractivity contribution in [2.75, 3.05) is 36.5 Å². The predicted molar refractivity (Wildman–Crippen MR) is 97.5 cm³/mol. The lowest BCUT2D eigenvalue weighted by atomic mass is 10.0. The summed E-state index contributed by atoms with van der Waals surface area (Å²) in [4.78, 5) is 26.0. The Kier molecular flexibility index (Phi) is 6.36. The molecular formula is C17H26N4O3S. The molecule has 1 aromatic heterocycles. The summed E-state index contributed by atoms with van der Waals surface area (Å²) in [6.07, 6.45) is 4.78.